The second kappa shape index (κ2) is 5.44. The minimum atomic E-state index is -0.954. The highest BCUT2D eigenvalue weighted by Crippen LogP contribution is 2.24. The molecule has 0 aliphatic carbocycles. The lowest BCUT2D eigenvalue weighted by atomic mass is 9.99. The van der Waals surface area contributed by atoms with Crippen LogP contribution in [0.4, 0.5) is 19.3 Å². The number of amides is 2. The van der Waals surface area contributed by atoms with Crippen LogP contribution in [0.25, 0.3) is 0 Å². The molecule has 2 amide bonds. The smallest absolute Gasteiger partial charge is 0.321 e. The Kier molecular flexibility index (Phi) is 3.87. The standard InChI is InChI=1S/C13H14F2N2O3/c1-7-5-17(6-11(7)12(18)19)13(20)16-10-3-8(14)2-9(15)4-10/h2-4,7,11H,5-6H2,1H3,(H,16,20)(H,18,19)/t7-,11-/m1/s1. The lowest BCUT2D eigenvalue weighted by Crippen LogP contribution is -2.33. The molecule has 0 radical (unpaired) electrons. The number of aliphatic carboxylic acids is 1. The number of likely N-dealkylation sites (tertiary alicyclic amines) is 1. The molecule has 0 spiro atoms. The van der Waals surface area contributed by atoms with Crippen molar-refractivity contribution in [2.45, 2.75) is 6.92 Å². The van der Waals surface area contributed by atoms with E-state index in [1.54, 1.807) is 6.92 Å². The Morgan fingerprint density at radius 3 is 2.35 bits per heavy atom. The summed E-state index contributed by atoms with van der Waals surface area (Å²) in [5, 5.41) is 11.3. The van der Waals surface area contributed by atoms with Gasteiger partial charge in [-0.3, -0.25) is 4.79 Å². The first-order valence-corrected chi connectivity index (χ1v) is 6.11. The maximum atomic E-state index is 13.0. The first kappa shape index (κ1) is 14.2. The average Bonchev–Trinajstić information content (AvgIpc) is 2.70. The molecule has 7 heteroatoms. The Balaban J connectivity index is 2.04. The number of carbonyl (C=O) groups is 2. The molecule has 108 valence electrons. The van der Waals surface area contributed by atoms with Crippen LogP contribution < -0.4 is 5.32 Å². The largest absolute Gasteiger partial charge is 0.481 e. The van der Waals surface area contributed by atoms with E-state index < -0.39 is 29.6 Å². The molecule has 5 nitrogen and oxygen atoms in total. The summed E-state index contributed by atoms with van der Waals surface area (Å²) in [6.07, 6.45) is 0. The summed E-state index contributed by atoms with van der Waals surface area (Å²) in [5.74, 6) is -3.32. The van der Waals surface area contributed by atoms with Gasteiger partial charge in [-0.2, -0.15) is 0 Å². The molecular formula is C13H14F2N2O3. The van der Waals surface area contributed by atoms with E-state index in [1.165, 1.54) is 4.90 Å². The number of carboxylic acid groups (broad SMARTS) is 1. The van der Waals surface area contributed by atoms with Crippen LogP contribution in [-0.2, 0) is 4.79 Å². The van der Waals surface area contributed by atoms with Crippen LogP contribution in [0.5, 0.6) is 0 Å². The summed E-state index contributed by atoms with van der Waals surface area (Å²) in [6.45, 7) is 2.12. The minimum Gasteiger partial charge on any atom is -0.481 e. The van der Waals surface area contributed by atoms with Gasteiger partial charge in [0.2, 0.25) is 0 Å². The molecule has 1 fully saturated rings. The van der Waals surface area contributed by atoms with Crippen molar-refractivity contribution in [1.82, 2.24) is 4.90 Å². The summed E-state index contributed by atoms with van der Waals surface area (Å²) in [4.78, 5) is 24.2. The third kappa shape index (κ3) is 3.04. The SMILES string of the molecule is C[C@@H]1CN(C(=O)Nc2cc(F)cc(F)c2)C[C@H]1C(=O)O. The van der Waals surface area contributed by atoms with Crippen molar-refractivity contribution < 1.29 is 23.5 Å². The Labute approximate surface area is 114 Å². The normalized spacial score (nSPS) is 21.9. The van der Waals surface area contributed by atoms with Gasteiger partial charge in [-0.1, -0.05) is 6.92 Å². The number of nitrogens with zero attached hydrogens (tertiary/aromatic N) is 1. The minimum absolute atomic E-state index is 0.000993. The molecule has 1 aromatic carbocycles. The van der Waals surface area contributed by atoms with Crippen LogP contribution in [0.15, 0.2) is 18.2 Å². The molecule has 2 rings (SSSR count). The molecule has 0 bridgehead atoms. The topological polar surface area (TPSA) is 69.6 Å². The van der Waals surface area contributed by atoms with Gasteiger partial charge < -0.3 is 15.3 Å². The molecule has 20 heavy (non-hydrogen) atoms. The fraction of sp³-hybridized carbons (Fsp3) is 0.385. The number of halogens is 2. The van der Waals surface area contributed by atoms with Gasteiger partial charge in [0.05, 0.1) is 5.92 Å². The maximum absolute atomic E-state index is 13.0. The van der Waals surface area contributed by atoms with E-state index >= 15 is 0 Å². The summed E-state index contributed by atoms with van der Waals surface area (Å²) >= 11 is 0. The number of carbonyl (C=O) groups excluding carboxylic acids is 1. The van der Waals surface area contributed by atoms with Crippen molar-refractivity contribution >= 4 is 17.7 Å². The van der Waals surface area contributed by atoms with Gasteiger partial charge in [0.1, 0.15) is 11.6 Å². The van der Waals surface area contributed by atoms with E-state index in [-0.39, 0.29) is 18.2 Å². The third-order valence-electron chi connectivity index (χ3n) is 3.33. The van der Waals surface area contributed by atoms with Crippen LogP contribution in [0, 0.1) is 23.5 Å². The summed E-state index contributed by atoms with van der Waals surface area (Å²) < 4.78 is 26.0. The van der Waals surface area contributed by atoms with Crippen molar-refractivity contribution in [3.63, 3.8) is 0 Å². The van der Waals surface area contributed by atoms with Crippen molar-refractivity contribution in [3.8, 4) is 0 Å². The lowest BCUT2D eigenvalue weighted by molar-refractivity contribution is -0.142. The van der Waals surface area contributed by atoms with Crippen LogP contribution in [0.2, 0.25) is 0 Å². The predicted octanol–water partition coefficient (Wildman–Crippen LogP) is 2.15. The predicted molar refractivity (Wildman–Crippen MR) is 67.2 cm³/mol. The molecule has 1 aliphatic heterocycles. The molecule has 2 N–H and O–H groups in total. The van der Waals surface area contributed by atoms with Gasteiger partial charge in [0, 0.05) is 24.8 Å². The second-order valence-electron chi connectivity index (χ2n) is 4.92. The molecule has 1 heterocycles. The van der Waals surface area contributed by atoms with E-state index in [0.717, 1.165) is 12.1 Å². The lowest BCUT2D eigenvalue weighted by Gasteiger charge is -2.17. The van der Waals surface area contributed by atoms with Crippen molar-refractivity contribution in [2.24, 2.45) is 11.8 Å². The zero-order valence-corrected chi connectivity index (χ0v) is 10.8. The molecule has 1 aromatic rings. The number of anilines is 1. The average molecular weight is 284 g/mol. The number of hydrogen-bond donors (Lipinski definition) is 2. The Morgan fingerprint density at radius 2 is 1.85 bits per heavy atom. The van der Waals surface area contributed by atoms with Crippen LogP contribution in [-0.4, -0.2) is 35.1 Å². The summed E-state index contributed by atoms with van der Waals surface area (Å²) in [5.41, 5.74) is -0.000993. The fourth-order valence-electron chi connectivity index (χ4n) is 2.28. The van der Waals surface area contributed by atoms with Gasteiger partial charge >= 0.3 is 12.0 Å². The third-order valence-corrected chi connectivity index (χ3v) is 3.33. The van der Waals surface area contributed by atoms with E-state index in [2.05, 4.69) is 5.32 Å². The van der Waals surface area contributed by atoms with Crippen molar-refractivity contribution in [1.29, 1.82) is 0 Å². The molecule has 1 saturated heterocycles. The Bertz CT molecular complexity index is 530. The van der Waals surface area contributed by atoms with Crippen LogP contribution in [0.3, 0.4) is 0 Å². The Morgan fingerprint density at radius 1 is 1.25 bits per heavy atom. The molecule has 0 aromatic heterocycles. The van der Waals surface area contributed by atoms with Gasteiger partial charge in [-0.15, -0.1) is 0 Å². The van der Waals surface area contributed by atoms with Gasteiger partial charge in [-0.25, -0.2) is 13.6 Å². The number of carboxylic acids is 1. The second-order valence-corrected chi connectivity index (χ2v) is 4.92. The highest BCUT2D eigenvalue weighted by atomic mass is 19.1. The maximum Gasteiger partial charge on any atom is 0.321 e. The first-order chi connectivity index (χ1) is 9.36. The van der Waals surface area contributed by atoms with E-state index in [9.17, 15) is 18.4 Å². The van der Waals surface area contributed by atoms with E-state index in [0.29, 0.717) is 12.6 Å². The monoisotopic (exact) mass is 284 g/mol. The van der Waals surface area contributed by atoms with E-state index in [1.807, 2.05) is 0 Å². The first-order valence-electron chi connectivity index (χ1n) is 6.11. The molecular weight excluding hydrogens is 270 g/mol. The van der Waals surface area contributed by atoms with Crippen molar-refractivity contribution in [2.75, 3.05) is 18.4 Å². The van der Waals surface area contributed by atoms with Gasteiger partial charge in [0.25, 0.3) is 0 Å². The van der Waals surface area contributed by atoms with Crippen LogP contribution in [0.1, 0.15) is 6.92 Å². The summed E-state index contributed by atoms with van der Waals surface area (Å²) in [7, 11) is 0. The number of benzene rings is 1. The van der Waals surface area contributed by atoms with Crippen molar-refractivity contribution in [3.05, 3.63) is 29.8 Å². The fourth-order valence-corrected chi connectivity index (χ4v) is 2.28. The van der Waals surface area contributed by atoms with E-state index in [4.69, 9.17) is 5.11 Å². The number of nitrogens with one attached hydrogen (secondary N) is 1. The highest BCUT2D eigenvalue weighted by molar-refractivity contribution is 5.90. The van der Waals surface area contributed by atoms with Crippen LogP contribution >= 0.6 is 0 Å². The quantitative estimate of drug-likeness (QED) is 0.874. The molecule has 1 aliphatic rings. The zero-order valence-electron chi connectivity index (χ0n) is 10.8. The number of hydrogen-bond acceptors (Lipinski definition) is 2. The molecule has 0 saturated carbocycles. The molecule has 2 atom stereocenters. The van der Waals surface area contributed by atoms with Gasteiger partial charge in [-0.05, 0) is 18.1 Å². The zero-order chi connectivity index (χ0) is 14.9. The number of urea groups is 1. The number of rotatable bonds is 2. The van der Waals surface area contributed by atoms with Gasteiger partial charge in [0.15, 0.2) is 0 Å². The Hall–Kier alpha value is -2.18. The highest BCUT2D eigenvalue weighted by Gasteiger charge is 2.36. The summed E-state index contributed by atoms with van der Waals surface area (Å²) in [6, 6.07) is 2.13. The molecule has 0 unspecified atom stereocenters.